The average molecular weight is 232 g/mol. The number of nitrogen functional groups attached to an aromatic ring is 1. The zero-order valence-corrected chi connectivity index (χ0v) is 10.8. The molecule has 2 N–H and O–H groups in total. The smallest absolute Gasteiger partial charge is 0.202 e. The first-order valence-electron chi connectivity index (χ1n) is 6.28. The Morgan fingerprint density at radius 2 is 2.18 bits per heavy atom. The SMILES string of the molecule is CCCC(CC)n1c(N)nc2c(C)ccnc21. The zero-order valence-electron chi connectivity index (χ0n) is 10.8. The van der Waals surface area contributed by atoms with E-state index < -0.39 is 0 Å². The van der Waals surface area contributed by atoms with Crippen LogP contribution in [0.25, 0.3) is 11.2 Å². The molecule has 0 bridgehead atoms. The number of aryl methyl sites for hydroxylation is 1. The summed E-state index contributed by atoms with van der Waals surface area (Å²) in [6, 6.07) is 2.37. The highest BCUT2D eigenvalue weighted by Crippen LogP contribution is 2.27. The molecule has 0 fully saturated rings. The Morgan fingerprint density at radius 1 is 1.41 bits per heavy atom. The zero-order chi connectivity index (χ0) is 12.4. The van der Waals surface area contributed by atoms with Crippen LogP contribution in [0.2, 0.25) is 0 Å². The fraction of sp³-hybridized carbons (Fsp3) is 0.538. The van der Waals surface area contributed by atoms with Crippen molar-refractivity contribution in [2.75, 3.05) is 5.73 Å². The van der Waals surface area contributed by atoms with Gasteiger partial charge in [-0.2, -0.15) is 0 Å². The van der Waals surface area contributed by atoms with E-state index in [-0.39, 0.29) is 0 Å². The number of imidazole rings is 1. The monoisotopic (exact) mass is 232 g/mol. The van der Waals surface area contributed by atoms with E-state index in [4.69, 9.17) is 5.73 Å². The van der Waals surface area contributed by atoms with Gasteiger partial charge in [0.25, 0.3) is 0 Å². The van der Waals surface area contributed by atoms with Crippen LogP contribution in [-0.2, 0) is 0 Å². The molecular formula is C13H20N4. The van der Waals surface area contributed by atoms with Gasteiger partial charge in [0, 0.05) is 12.2 Å². The maximum Gasteiger partial charge on any atom is 0.202 e. The molecule has 2 heterocycles. The lowest BCUT2D eigenvalue weighted by Crippen LogP contribution is -2.11. The van der Waals surface area contributed by atoms with Crippen LogP contribution in [0.1, 0.15) is 44.7 Å². The van der Waals surface area contributed by atoms with Crippen LogP contribution in [0.15, 0.2) is 12.3 Å². The van der Waals surface area contributed by atoms with Gasteiger partial charge in [0.05, 0.1) is 0 Å². The lowest BCUT2D eigenvalue weighted by molar-refractivity contribution is 0.461. The molecule has 0 aliphatic rings. The minimum Gasteiger partial charge on any atom is -0.369 e. The predicted molar refractivity (Wildman–Crippen MR) is 70.9 cm³/mol. The lowest BCUT2D eigenvalue weighted by Gasteiger charge is -2.17. The van der Waals surface area contributed by atoms with E-state index in [1.54, 1.807) is 0 Å². The maximum atomic E-state index is 6.04. The van der Waals surface area contributed by atoms with Crippen molar-refractivity contribution in [3.05, 3.63) is 17.8 Å². The Kier molecular flexibility index (Phi) is 3.31. The lowest BCUT2D eigenvalue weighted by atomic mass is 10.1. The Balaban J connectivity index is 2.59. The number of hydrogen-bond acceptors (Lipinski definition) is 3. The van der Waals surface area contributed by atoms with Crippen molar-refractivity contribution in [2.24, 2.45) is 0 Å². The quantitative estimate of drug-likeness (QED) is 0.881. The van der Waals surface area contributed by atoms with Gasteiger partial charge in [0.15, 0.2) is 5.65 Å². The normalized spacial score (nSPS) is 13.1. The Hall–Kier alpha value is -1.58. The predicted octanol–water partition coefficient (Wildman–Crippen LogP) is 3.07. The van der Waals surface area contributed by atoms with Crippen molar-refractivity contribution in [2.45, 2.75) is 46.1 Å². The molecule has 4 heteroatoms. The summed E-state index contributed by atoms with van der Waals surface area (Å²) in [7, 11) is 0. The number of nitrogens with zero attached hydrogens (tertiary/aromatic N) is 3. The van der Waals surface area contributed by atoms with Crippen molar-refractivity contribution in [3.8, 4) is 0 Å². The van der Waals surface area contributed by atoms with E-state index in [0.717, 1.165) is 36.0 Å². The third-order valence-corrected chi connectivity index (χ3v) is 3.27. The molecule has 4 nitrogen and oxygen atoms in total. The molecule has 0 spiro atoms. The van der Waals surface area contributed by atoms with Gasteiger partial charge in [-0.1, -0.05) is 20.3 Å². The molecular weight excluding hydrogens is 212 g/mol. The Morgan fingerprint density at radius 3 is 2.82 bits per heavy atom. The van der Waals surface area contributed by atoms with Gasteiger partial charge >= 0.3 is 0 Å². The third-order valence-electron chi connectivity index (χ3n) is 3.27. The summed E-state index contributed by atoms with van der Waals surface area (Å²) in [4.78, 5) is 8.88. The van der Waals surface area contributed by atoms with Gasteiger partial charge in [-0.3, -0.25) is 4.57 Å². The number of nitrogens with two attached hydrogens (primary N) is 1. The molecule has 0 aromatic carbocycles. The molecule has 1 unspecified atom stereocenters. The molecule has 92 valence electrons. The van der Waals surface area contributed by atoms with Crippen LogP contribution in [0.5, 0.6) is 0 Å². The van der Waals surface area contributed by atoms with Crippen molar-refractivity contribution in [1.82, 2.24) is 14.5 Å². The van der Waals surface area contributed by atoms with Crippen LogP contribution >= 0.6 is 0 Å². The molecule has 1 atom stereocenters. The van der Waals surface area contributed by atoms with Gasteiger partial charge in [0.1, 0.15) is 5.52 Å². The molecule has 2 aromatic heterocycles. The number of hydrogen-bond donors (Lipinski definition) is 1. The summed E-state index contributed by atoms with van der Waals surface area (Å²) in [5.74, 6) is 0.585. The highest BCUT2D eigenvalue weighted by Gasteiger charge is 2.17. The second-order valence-corrected chi connectivity index (χ2v) is 4.49. The van der Waals surface area contributed by atoms with E-state index in [2.05, 4.69) is 28.4 Å². The van der Waals surface area contributed by atoms with Gasteiger partial charge in [0.2, 0.25) is 5.95 Å². The summed E-state index contributed by atoms with van der Waals surface area (Å²) in [5, 5.41) is 0. The van der Waals surface area contributed by atoms with Crippen molar-refractivity contribution in [3.63, 3.8) is 0 Å². The van der Waals surface area contributed by atoms with E-state index in [9.17, 15) is 0 Å². The molecule has 0 saturated carbocycles. The van der Waals surface area contributed by atoms with Gasteiger partial charge < -0.3 is 5.73 Å². The second kappa shape index (κ2) is 4.73. The molecule has 17 heavy (non-hydrogen) atoms. The average Bonchev–Trinajstić information content (AvgIpc) is 2.64. The van der Waals surface area contributed by atoms with E-state index >= 15 is 0 Å². The third kappa shape index (κ3) is 1.99. The molecule has 0 radical (unpaired) electrons. The summed E-state index contributed by atoms with van der Waals surface area (Å²) < 4.78 is 2.09. The van der Waals surface area contributed by atoms with Crippen LogP contribution < -0.4 is 5.73 Å². The van der Waals surface area contributed by atoms with Crippen molar-refractivity contribution in [1.29, 1.82) is 0 Å². The Bertz CT molecular complexity index is 515. The number of rotatable bonds is 4. The number of aromatic nitrogens is 3. The molecule has 0 aliphatic carbocycles. The van der Waals surface area contributed by atoms with Crippen LogP contribution in [0.3, 0.4) is 0 Å². The minimum absolute atomic E-state index is 0.402. The van der Waals surface area contributed by atoms with Crippen LogP contribution in [0.4, 0.5) is 5.95 Å². The molecule has 0 amide bonds. The first kappa shape index (κ1) is 11.9. The Labute approximate surface area is 102 Å². The highest BCUT2D eigenvalue weighted by molar-refractivity contribution is 5.77. The van der Waals surface area contributed by atoms with Crippen LogP contribution in [0, 0.1) is 6.92 Å². The number of pyridine rings is 1. The standard InChI is InChI=1S/C13H20N4/c1-4-6-10(5-2)17-12-11(16-13(17)14)9(3)7-8-15-12/h7-8,10H,4-6H2,1-3H3,(H2,14,16). The molecule has 2 rings (SSSR count). The van der Waals surface area contributed by atoms with Gasteiger partial charge in [-0.05, 0) is 31.4 Å². The van der Waals surface area contributed by atoms with Crippen molar-refractivity contribution < 1.29 is 0 Å². The van der Waals surface area contributed by atoms with Crippen LogP contribution in [-0.4, -0.2) is 14.5 Å². The largest absolute Gasteiger partial charge is 0.369 e. The van der Waals surface area contributed by atoms with E-state index in [0.29, 0.717) is 12.0 Å². The molecule has 0 saturated heterocycles. The second-order valence-electron chi connectivity index (χ2n) is 4.49. The summed E-state index contributed by atoms with van der Waals surface area (Å²) >= 11 is 0. The van der Waals surface area contributed by atoms with Gasteiger partial charge in [-0.15, -0.1) is 0 Å². The fourth-order valence-corrected chi connectivity index (χ4v) is 2.34. The highest BCUT2D eigenvalue weighted by atomic mass is 15.2. The van der Waals surface area contributed by atoms with Crippen molar-refractivity contribution >= 4 is 17.1 Å². The summed E-state index contributed by atoms with van der Waals surface area (Å²) in [6.07, 6.45) is 5.14. The molecule has 0 aliphatic heterocycles. The van der Waals surface area contributed by atoms with E-state index in [1.807, 2.05) is 19.2 Å². The minimum atomic E-state index is 0.402. The van der Waals surface area contributed by atoms with E-state index in [1.165, 1.54) is 0 Å². The fourth-order valence-electron chi connectivity index (χ4n) is 2.34. The maximum absolute atomic E-state index is 6.04. The summed E-state index contributed by atoms with van der Waals surface area (Å²) in [6.45, 7) is 6.42. The first-order valence-corrected chi connectivity index (χ1v) is 6.28. The number of anilines is 1. The first-order chi connectivity index (χ1) is 8.19. The number of fused-ring (bicyclic) bond motifs is 1. The molecule has 2 aromatic rings. The summed E-state index contributed by atoms with van der Waals surface area (Å²) in [5.41, 5.74) is 9.02. The topological polar surface area (TPSA) is 56.7 Å². The van der Waals surface area contributed by atoms with Gasteiger partial charge in [-0.25, -0.2) is 9.97 Å².